The Bertz CT molecular complexity index is 476. The largest absolute Gasteiger partial charge is 0.359 e. The summed E-state index contributed by atoms with van der Waals surface area (Å²) in [4.78, 5) is 24.7. The number of alkyl halides is 1. The molecule has 1 saturated heterocycles. The molecule has 1 fully saturated rings. The van der Waals surface area contributed by atoms with Gasteiger partial charge in [0.2, 0.25) is 11.8 Å². The molecule has 0 aromatic heterocycles. The van der Waals surface area contributed by atoms with Gasteiger partial charge in [-0.05, 0) is 17.7 Å². The average Bonchev–Trinajstić information content (AvgIpc) is 2.68. The van der Waals surface area contributed by atoms with Gasteiger partial charge in [0.05, 0.1) is 11.8 Å². The zero-order valence-electron chi connectivity index (χ0n) is 10.1. The van der Waals surface area contributed by atoms with Crippen LogP contribution in [0.1, 0.15) is 12.0 Å². The van der Waals surface area contributed by atoms with Gasteiger partial charge >= 0.3 is 0 Å². The molecule has 96 valence electrons. The summed E-state index contributed by atoms with van der Waals surface area (Å²) in [5.74, 6) is -0.0118. The molecular formula is C13H15ClN2O2. The Labute approximate surface area is 111 Å². The zero-order chi connectivity index (χ0) is 13.1. The summed E-state index contributed by atoms with van der Waals surface area (Å²) < 4.78 is 0. The second kappa shape index (κ2) is 5.40. The maximum Gasteiger partial charge on any atom is 0.228 e. The molecule has 0 spiro atoms. The van der Waals surface area contributed by atoms with Crippen LogP contribution in [0, 0.1) is 0 Å². The van der Waals surface area contributed by atoms with Crippen molar-refractivity contribution in [3.8, 4) is 0 Å². The summed E-state index contributed by atoms with van der Waals surface area (Å²) in [5.41, 5.74) is 1.70. The first-order chi connectivity index (χ1) is 8.60. The number of carbonyl (C=O) groups is 2. The molecule has 1 aromatic carbocycles. The third-order valence-corrected chi connectivity index (χ3v) is 3.24. The van der Waals surface area contributed by atoms with Crippen LogP contribution in [-0.4, -0.2) is 30.8 Å². The van der Waals surface area contributed by atoms with E-state index in [-0.39, 0.29) is 17.2 Å². The van der Waals surface area contributed by atoms with E-state index < -0.39 is 0 Å². The first-order valence-corrected chi connectivity index (χ1v) is 6.27. The summed E-state index contributed by atoms with van der Waals surface area (Å²) >= 11 is 5.97. The molecule has 0 radical (unpaired) electrons. The lowest BCUT2D eigenvalue weighted by Gasteiger charge is -2.16. The predicted octanol–water partition coefficient (Wildman–Crippen LogP) is 1.32. The van der Waals surface area contributed by atoms with E-state index in [1.165, 1.54) is 0 Å². The minimum atomic E-state index is -0.125. The van der Waals surface area contributed by atoms with Crippen LogP contribution in [0.5, 0.6) is 0 Å². The van der Waals surface area contributed by atoms with Crippen LogP contribution in [0.2, 0.25) is 0 Å². The van der Waals surface area contributed by atoms with E-state index in [9.17, 15) is 9.59 Å². The van der Waals surface area contributed by atoms with Gasteiger partial charge in [0.25, 0.3) is 0 Å². The molecule has 1 aliphatic rings. The molecule has 1 atom stereocenters. The minimum absolute atomic E-state index is 0.0343. The lowest BCUT2D eigenvalue weighted by molar-refractivity contribution is -0.120. The lowest BCUT2D eigenvalue weighted by Crippen LogP contribution is -2.25. The van der Waals surface area contributed by atoms with E-state index in [4.69, 9.17) is 11.6 Å². The number of hydrogen-bond donors (Lipinski definition) is 1. The Balaban J connectivity index is 2.17. The average molecular weight is 267 g/mol. The fraction of sp³-hybridized carbons (Fsp3) is 0.385. The molecule has 18 heavy (non-hydrogen) atoms. The normalized spacial score (nSPS) is 19.1. The van der Waals surface area contributed by atoms with Crippen molar-refractivity contribution in [3.63, 3.8) is 0 Å². The van der Waals surface area contributed by atoms with E-state index >= 15 is 0 Å². The lowest BCUT2D eigenvalue weighted by atomic mass is 10.1. The topological polar surface area (TPSA) is 49.4 Å². The SMILES string of the molecule is CNC(=O)Cc1cccc(N2CC(Cl)CC2=O)c1. The van der Waals surface area contributed by atoms with Crippen LogP contribution in [0.15, 0.2) is 24.3 Å². The quantitative estimate of drug-likeness (QED) is 0.839. The smallest absolute Gasteiger partial charge is 0.228 e. The third-order valence-electron chi connectivity index (χ3n) is 2.94. The fourth-order valence-corrected chi connectivity index (χ4v) is 2.29. The Morgan fingerprint density at radius 2 is 2.33 bits per heavy atom. The molecule has 1 N–H and O–H groups in total. The monoisotopic (exact) mass is 266 g/mol. The van der Waals surface area contributed by atoms with Gasteiger partial charge in [0.1, 0.15) is 0 Å². The second-order valence-electron chi connectivity index (χ2n) is 4.33. The van der Waals surface area contributed by atoms with Gasteiger partial charge in [-0.3, -0.25) is 9.59 Å². The molecule has 0 aliphatic carbocycles. The van der Waals surface area contributed by atoms with E-state index in [1.54, 1.807) is 11.9 Å². The van der Waals surface area contributed by atoms with E-state index in [2.05, 4.69) is 5.32 Å². The van der Waals surface area contributed by atoms with E-state index in [1.807, 2.05) is 24.3 Å². The van der Waals surface area contributed by atoms with Gasteiger partial charge in [-0.25, -0.2) is 0 Å². The van der Waals surface area contributed by atoms with Gasteiger partial charge < -0.3 is 10.2 Å². The Hall–Kier alpha value is -1.55. The zero-order valence-corrected chi connectivity index (χ0v) is 10.9. The third kappa shape index (κ3) is 2.82. The summed E-state index contributed by atoms with van der Waals surface area (Å²) in [5, 5.41) is 2.45. The van der Waals surface area contributed by atoms with Crippen molar-refractivity contribution in [1.29, 1.82) is 0 Å². The van der Waals surface area contributed by atoms with Crippen molar-refractivity contribution >= 4 is 29.1 Å². The second-order valence-corrected chi connectivity index (χ2v) is 4.94. The summed E-state index contributed by atoms with van der Waals surface area (Å²) in [6.07, 6.45) is 0.692. The van der Waals surface area contributed by atoms with Gasteiger partial charge in [0, 0.05) is 25.7 Å². The van der Waals surface area contributed by atoms with Crippen LogP contribution in [-0.2, 0) is 16.0 Å². The van der Waals surface area contributed by atoms with Crippen LogP contribution < -0.4 is 10.2 Å². The number of nitrogens with zero attached hydrogens (tertiary/aromatic N) is 1. The maximum atomic E-state index is 11.7. The highest BCUT2D eigenvalue weighted by molar-refractivity contribution is 6.24. The Morgan fingerprint density at radius 3 is 2.94 bits per heavy atom. The van der Waals surface area contributed by atoms with Gasteiger partial charge in [-0.2, -0.15) is 0 Å². The van der Waals surface area contributed by atoms with Crippen molar-refractivity contribution in [3.05, 3.63) is 29.8 Å². The predicted molar refractivity (Wildman–Crippen MR) is 70.8 cm³/mol. The molecular weight excluding hydrogens is 252 g/mol. The number of likely N-dealkylation sites (N-methyl/N-ethyl adjacent to an activating group) is 1. The fourth-order valence-electron chi connectivity index (χ4n) is 2.02. The number of rotatable bonds is 3. The van der Waals surface area contributed by atoms with Crippen molar-refractivity contribution in [2.75, 3.05) is 18.5 Å². The molecule has 0 bridgehead atoms. The number of halogens is 1. The standard InChI is InChI=1S/C13H15ClN2O2/c1-15-12(17)6-9-3-2-4-11(5-9)16-8-10(14)7-13(16)18/h2-5,10H,6-8H2,1H3,(H,15,17). The van der Waals surface area contributed by atoms with Crippen molar-refractivity contribution in [2.45, 2.75) is 18.2 Å². The van der Waals surface area contributed by atoms with Crippen molar-refractivity contribution in [2.24, 2.45) is 0 Å². The molecule has 2 amide bonds. The number of hydrogen-bond acceptors (Lipinski definition) is 2. The summed E-state index contributed by atoms with van der Waals surface area (Å²) in [7, 11) is 1.61. The maximum absolute atomic E-state index is 11.7. The van der Waals surface area contributed by atoms with Crippen LogP contribution in [0.4, 0.5) is 5.69 Å². The number of nitrogens with one attached hydrogen (secondary N) is 1. The van der Waals surface area contributed by atoms with Crippen molar-refractivity contribution < 1.29 is 9.59 Å². The number of carbonyl (C=O) groups excluding carboxylic acids is 2. The van der Waals surface area contributed by atoms with E-state index in [0.29, 0.717) is 19.4 Å². The molecule has 1 aromatic rings. The first-order valence-electron chi connectivity index (χ1n) is 5.84. The van der Waals surface area contributed by atoms with Crippen LogP contribution in [0.3, 0.4) is 0 Å². The summed E-state index contributed by atoms with van der Waals surface area (Å²) in [6.45, 7) is 0.532. The van der Waals surface area contributed by atoms with Gasteiger partial charge in [-0.1, -0.05) is 12.1 Å². The molecule has 0 saturated carbocycles. The van der Waals surface area contributed by atoms with Crippen molar-refractivity contribution in [1.82, 2.24) is 5.32 Å². The number of anilines is 1. The molecule has 1 heterocycles. The first kappa shape index (κ1) is 12.9. The van der Waals surface area contributed by atoms with E-state index in [0.717, 1.165) is 11.3 Å². The highest BCUT2D eigenvalue weighted by Crippen LogP contribution is 2.25. The highest BCUT2D eigenvalue weighted by atomic mass is 35.5. The molecule has 1 unspecified atom stereocenters. The minimum Gasteiger partial charge on any atom is -0.359 e. The van der Waals surface area contributed by atoms with Gasteiger partial charge in [0.15, 0.2) is 0 Å². The number of amides is 2. The molecule has 2 rings (SSSR count). The highest BCUT2D eigenvalue weighted by Gasteiger charge is 2.29. The van der Waals surface area contributed by atoms with Crippen LogP contribution >= 0.6 is 11.6 Å². The number of benzene rings is 1. The van der Waals surface area contributed by atoms with Crippen LogP contribution in [0.25, 0.3) is 0 Å². The molecule has 4 nitrogen and oxygen atoms in total. The van der Waals surface area contributed by atoms with Gasteiger partial charge in [-0.15, -0.1) is 11.6 Å². The molecule has 5 heteroatoms. The summed E-state index contributed by atoms with van der Waals surface area (Å²) in [6, 6.07) is 7.45. The molecule has 1 aliphatic heterocycles. The Kier molecular flexibility index (Phi) is 3.87. The Morgan fingerprint density at radius 1 is 1.56 bits per heavy atom.